The summed E-state index contributed by atoms with van der Waals surface area (Å²) in [5.41, 5.74) is 7.27. The quantitative estimate of drug-likeness (QED) is 0.251. The first-order chi connectivity index (χ1) is 3.31. The monoisotopic (exact) mass is 98.1 g/mol. The Kier molecular flexibility index (Phi) is 2.44. The predicted molar refractivity (Wildman–Crippen MR) is 26.3 cm³/mol. The molecule has 7 heavy (non-hydrogen) atoms. The Labute approximate surface area is 41.6 Å². The summed E-state index contributed by atoms with van der Waals surface area (Å²) < 4.78 is 0. The number of amidine groups is 1. The minimum absolute atomic E-state index is 0.0532. The van der Waals surface area contributed by atoms with Crippen LogP contribution < -0.4 is 11.2 Å². The first kappa shape index (κ1) is 5.76. The second-order valence-electron chi connectivity index (χ2n) is 0.832. The Bertz CT molecular complexity index is 109. The molecule has 3 N–H and O–H groups in total. The topological polar surface area (TPSA) is 74.2 Å². The zero-order chi connectivity index (χ0) is 5.70. The molecule has 0 rings (SSSR count). The SMILES string of the molecule is CN/N=C(/N)C#N. The van der Waals surface area contributed by atoms with Gasteiger partial charge in [0.2, 0.25) is 5.84 Å². The number of hydrogen-bond acceptors (Lipinski definition) is 3. The highest BCUT2D eigenvalue weighted by Gasteiger charge is 1.77. The van der Waals surface area contributed by atoms with Crippen LogP contribution in [0.2, 0.25) is 0 Å². The van der Waals surface area contributed by atoms with Crippen LogP contribution in [0.15, 0.2) is 5.10 Å². The third-order valence-corrected chi connectivity index (χ3v) is 0.347. The van der Waals surface area contributed by atoms with E-state index in [9.17, 15) is 0 Å². The minimum atomic E-state index is -0.0532. The molecule has 0 aromatic heterocycles. The second-order valence-corrected chi connectivity index (χ2v) is 0.832. The Balaban J connectivity index is 3.57. The molecule has 38 valence electrons. The lowest BCUT2D eigenvalue weighted by Crippen LogP contribution is -2.12. The summed E-state index contributed by atoms with van der Waals surface area (Å²) in [6.07, 6.45) is 0. The standard InChI is InChI=1S/C3H6N4/c1-6-7-3(5)2-4/h6H,1H3,(H2,5,7). The molecule has 0 saturated heterocycles. The highest BCUT2D eigenvalue weighted by Crippen LogP contribution is 1.54. The normalized spacial score (nSPS) is 10.0. The van der Waals surface area contributed by atoms with Crippen LogP contribution in [0.5, 0.6) is 0 Å². The van der Waals surface area contributed by atoms with Crippen molar-refractivity contribution in [3.05, 3.63) is 0 Å². The van der Waals surface area contributed by atoms with Gasteiger partial charge in [0.05, 0.1) is 0 Å². The largest absolute Gasteiger partial charge is 0.374 e. The average Bonchev–Trinajstić information content (AvgIpc) is 1.68. The van der Waals surface area contributed by atoms with Crippen molar-refractivity contribution >= 4 is 5.84 Å². The minimum Gasteiger partial charge on any atom is -0.374 e. The molecule has 0 aliphatic carbocycles. The van der Waals surface area contributed by atoms with E-state index in [0.717, 1.165) is 0 Å². The van der Waals surface area contributed by atoms with Crippen molar-refractivity contribution in [1.29, 1.82) is 5.26 Å². The van der Waals surface area contributed by atoms with Gasteiger partial charge in [-0.2, -0.15) is 10.4 Å². The molecule has 0 atom stereocenters. The summed E-state index contributed by atoms with van der Waals surface area (Å²) in [6.45, 7) is 0. The van der Waals surface area contributed by atoms with Crippen LogP contribution in [-0.4, -0.2) is 12.9 Å². The van der Waals surface area contributed by atoms with Gasteiger partial charge in [0.1, 0.15) is 6.07 Å². The van der Waals surface area contributed by atoms with E-state index in [1.807, 2.05) is 0 Å². The zero-order valence-electron chi connectivity index (χ0n) is 3.97. The van der Waals surface area contributed by atoms with Gasteiger partial charge < -0.3 is 11.2 Å². The van der Waals surface area contributed by atoms with Gasteiger partial charge in [0.25, 0.3) is 0 Å². The van der Waals surface area contributed by atoms with Crippen molar-refractivity contribution in [2.24, 2.45) is 10.8 Å². The third-order valence-electron chi connectivity index (χ3n) is 0.347. The Morgan fingerprint density at radius 1 is 2.00 bits per heavy atom. The smallest absolute Gasteiger partial charge is 0.221 e. The van der Waals surface area contributed by atoms with Gasteiger partial charge in [-0.05, 0) is 0 Å². The van der Waals surface area contributed by atoms with Crippen LogP contribution in [0.1, 0.15) is 0 Å². The summed E-state index contributed by atoms with van der Waals surface area (Å²) in [5, 5.41) is 11.2. The maximum atomic E-state index is 7.92. The van der Waals surface area contributed by atoms with Gasteiger partial charge in [-0.15, -0.1) is 0 Å². The third kappa shape index (κ3) is 2.56. The molecular formula is C3H6N4. The lowest BCUT2D eigenvalue weighted by molar-refractivity contribution is 0.900. The number of nitrogens with one attached hydrogen (secondary N) is 1. The van der Waals surface area contributed by atoms with Gasteiger partial charge in [0, 0.05) is 7.05 Å². The predicted octanol–water partition coefficient (Wildman–Crippen LogP) is -0.998. The molecule has 0 spiro atoms. The van der Waals surface area contributed by atoms with Gasteiger partial charge in [-0.1, -0.05) is 0 Å². The first-order valence-corrected chi connectivity index (χ1v) is 1.71. The van der Waals surface area contributed by atoms with Crippen molar-refractivity contribution in [2.45, 2.75) is 0 Å². The molecule has 0 saturated carbocycles. The van der Waals surface area contributed by atoms with E-state index >= 15 is 0 Å². The van der Waals surface area contributed by atoms with E-state index in [1.54, 1.807) is 13.1 Å². The molecule has 0 aliphatic heterocycles. The van der Waals surface area contributed by atoms with E-state index < -0.39 is 0 Å². The maximum Gasteiger partial charge on any atom is 0.221 e. The fourth-order valence-electron chi connectivity index (χ4n) is 0.145. The summed E-state index contributed by atoms with van der Waals surface area (Å²) in [4.78, 5) is 0. The van der Waals surface area contributed by atoms with E-state index in [-0.39, 0.29) is 5.84 Å². The second kappa shape index (κ2) is 2.97. The maximum absolute atomic E-state index is 7.92. The molecule has 0 heterocycles. The highest BCUT2D eigenvalue weighted by molar-refractivity contribution is 5.94. The summed E-state index contributed by atoms with van der Waals surface area (Å²) in [6, 6.07) is 1.63. The van der Waals surface area contributed by atoms with E-state index in [0.29, 0.717) is 0 Å². The number of rotatable bonds is 1. The Hall–Kier alpha value is -1.24. The summed E-state index contributed by atoms with van der Waals surface area (Å²) >= 11 is 0. The number of hydrogen-bond donors (Lipinski definition) is 2. The Morgan fingerprint density at radius 3 is 2.71 bits per heavy atom. The van der Waals surface area contributed by atoms with Crippen LogP contribution in [0.3, 0.4) is 0 Å². The summed E-state index contributed by atoms with van der Waals surface area (Å²) in [5.74, 6) is -0.0532. The van der Waals surface area contributed by atoms with Gasteiger partial charge in [-0.3, -0.25) is 0 Å². The number of nitrogens with two attached hydrogens (primary N) is 1. The molecule has 0 aliphatic rings. The molecule has 0 unspecified atom stereocenters. The van der Waals surface area contributed by atoms with Crippen molar-refractivity contribution < 1.29 is 0 Å². The van der Waals surface area contributed by atoms with E-state index in [2.05, 4.69) is 10.5 Å². The van der Waals surface area contributed by atoms with Crippen LogP contribution in [-0.2, 0) is 0 Å². The first-order valence-electron chi connectivity index (χ1n) is 1.71. The number of nitrogens with zero attached hydrogens (tertiary/aromatic N) is 2. The van der Waals surface area contributed by atoms with Crippen LogP contribution >= 0.6 is 0 Å². The molecule has 0 aromatic rings. The highest BCUT2D eigenvalue weighted by atomic mass is 15.3. The zero-order valence-corrected chi connectivity index (χ0v) is 3.97. The van der Waals surface area contributed by atoms with Crippen molar-refractivity contribution in [2.75, 3.05) is 7.05 Å². The fourth-order valence-corrected chi connectivity index (χ4v) is 0.145. The number of hydrazone groups is 1. The van der Waals surface area contributed by atoms with E-state index in [1.165, 1.54) is 0 Å². The number of nitriles is 1. The molecule has 0 amide bonds. The molecular weight excluding hydrogens is 92.1 g/mol. The van der Waals surface area contributed by atoms with Gasteiger partial charge in [0.15, 0.2) is 0 Å². The lowest BCUT2D eigenvalue weighted by atomic mass is 10.7. The van der Waals surface area contributed by atoms with Crippen molar-refractivity contribution in [3.8, 4) is 6.07 Å². The van der Waals surface area contributed by atoms with Crippen molar-refractivity contribution in [3.63, 3.8) is 0 Å². The summed E-state index contributed by atoms with van der Waals surface area (Å²) in [7, 11) is 1.57. The average molecular weight is 98.1 g/mol. The Morgan fingerprint density at radius 2 is 2.57 bits per heavy atom. The molecule has 0 fully saturated rings. The fraction of sp³-hybridized carbons (Fsp3) is 0.333. The van der Waals surface area contributed by atoms with Gasteiger partial charge >= 0.3 is 0 Å². The van der Waals surface area contributed by atoms with Crippen LogP contribution in [0, 0.1) is 11.3 Å². The molecule has 0 aromatic carbocycles. The van der Waals surface area contributed by atoms with E-state index in [4.69, 9.17) is 11.0 Å². The molecule has 4 nitrogen and oxygen atoms in total. The lowest BCUT2D eigenvalue weighted by Gasteiger charge is -1.82. The van der Waals surface area contributed by atoms with Crippen LogP contribution in [0.4, 0.5) is 0 Å². The van der Waals surface area contributed by atoms with Crippen LogP contribution in [0.25, 0.3) is 0 Å². The molecule has 0 radical (unpaired) electrons. The van der Waals surface area contributed by atoms with Crippen molar-refractivity contribution in [1.82, 2.24) is 5.43 Å². The van der Waals surface area contributed by atoms with Gasteiger partial charge in [-0.25, -0.2) is 0 Å². The molecule has 0 bridgehead atoms. The molecule has 4 heteroatoms.